The van der Waals surface area contributed by atoms with E-state index in [-0.39, 0.29) is 5.91 Å². The molecule has 0 saturated carbocycles. The van der Waals surface area contributed by atoms with Gasteiger partial charge in [-0.1, -0.05) is 63.2 Å². The van der Waals surface area contributed by atoms with Gasteiger partial charge in [0.25, 0.3) is 5.91 Å². The second kappa shape index (κ2) is 9.26. The van der Waals surface area contributed by atoms with Crippen LogP contribution in [0.2, 0.25) is 0 Å². The maximum absolute atomic E-state index is 12.4. The van der Waals surface area contributed by atoms with Gasteiger partial charge in [0.15, 0.2) is 6.10 Å². The van der Waals surface area contributed by atoms with Gasteiger partial charge in [-0.2, -0.15) is 0 Å². The van der Waals surface area contributed by atoms with E-state index in [1.807, 2.05) is 38.1 Å². The van der Waals surface area contributed by atoms with Crippen LogP contribution in [-0.2, 0) is 11.2 Å². The first-order chi connectivity index (χ1) is 12.0. The summed E-state index contributed by atoms with van der Waals surface area (Å²) in [4.78, 5) is 12.4. The van der Waals surface area contributed by atoms with Gasteiger partial charge < -0.3 is 10.1 Å². The topological polar surface area (TPSA) is 38.3 Å². The lowest BCUT2D eigenvalue weighted by Gasteiger charge is -2.18. The van der Waals surface area contributed by atoms with E-state index in [0.29, 0.717) is 18.9 Å². The zero-order valence-electron chi connectivity index (χ0n) is 15.7. The predicted molar refractivity (Wildman–Crippen MR) is 103 cm³/mol. The van der Waals surface area contributed by atoms with Gasteiger partial charge >= 0.3 is 0 Å². The Kier molecular flexibility index (Phi) is 7.05. The number of carbonyl (C=O) groups is 1. The van der Waals surface area contributed by atoms with Gasteiger partial charge in [0.05, 0.1) is 0 Å². The summed E-state index contributed by atoms with van der Waals surface area (Å²) in [6.07, 6.45) is 1.01. The Bertz CT molecular complexity index is 677. The molecule has 1 N–H and O–H groups in total. The molecular formula is C22H29NO2. The molecule has 2 rings (SSSR count). The summed E-state index contributed by atoms with van der Waals surface area (Å²) in [5.74, 6) is 1.26. The van der Waals surface area contributed by atoms with Gasteiger partial charge in [-0.25, -0.2) is 0 Å². The SMILES string of the molecule is CCC(Oc1ccccc1C)C(=O)NCCc1ccc(C(C)C)cc1. The molecule has 2 aromatic carbocycles. The maximum atomic E-state index is 12.4. The molecule has 1 amide bonds. The molecule has 3 heteroatoms. The first-order valence-corrected chi connectivity index (χ1v) is 9.10. The van der Waals surface area contributed by atoms with Gasteiger partial charge in [-0.3, -0.25) is 4.79 Å². The third-order valence-electron chi connectivity index (χ3n) is 4.39. The lowest BCUT2D eigenvalue weighted by atomic mass is 10.0. The van der Waals surface area contributed by atoms with E-state index >= 15 is 0 Å². The van der Waals surface area contributed by atoms with Gasteiger partial charge in [-0.15, -0.1) is 0 Å². The van der Waals surface area contributed by atoms with Gasteiger partial charge in [-0.05, 0) is 48.4 Å². The van der Waals surface area contributed by atoms with Crippen molar-refractivity contribution in [2.45, 2.75) is 52.6 Å². The first kappa shape index (κ1) is 19.0. The molecule has 0 aliphatic carbocycles. The van der Waals surface area contributed by atoms with E-state index < -0.39 is 6.10 Å². The molecule has 0 spiro atoms. The molecule has 1 atom stereocenters. The van der Waals surface area contributed by atoms with Crippen molar-refractivity contribution in [3.63, 3.8) is 0 Å². The summed E-state index contributed by atoms with van der Waals surface area (Å²) >= 11 is 0. The number of nitrogens with one attached hydrogen (secondary N) is 1. The Hall–Kier alpha value is -2.29. The number of amides is 1. The summed E-state index contributed by atoms with van der Waals surface area (Å²) in [5, 5.41) is 3.00. The standard InChI is InChI=1S/C22H29NO2/c1-5-20(25-21-9-7-6-8-17(21)4)22(24)23-15-14-18-10-12-19(13-11-18)16(2)3/h6-13,16,20H,5,14-15H2,1-4H3,(H,23,24). The van der Waals surface area contributed by atoms with Crippen LogP contribution in [0.1, 0.15) is 49.8 Å². The van der Waals surface area contributed by atoms with Crippen molar-refractivity contribution in [2.75, 3.05) is 6.54 Å². The molecular weight excluding hydrogens is 310 g/mol. The maximum Gasteiger partial charge on any atom is 0.261 e. The number of carbonyl (C=O) groups excluding carboxylic acids is 1. The van der Waals surface area contributed by atoms with Gasteiger partial charge in [0.2, 0.25) is 0 Å². The van der Waals surface area contributed by atoms with Crippen molar-refractivity contribution in [1.82, 2.24) is 5.32 Å². The Morgan fingerprint density at radius 3 is 2.36 bits per heavy atom. The zero-order valence-corrected chi connectivity index (χ0v) is 15.7. The molecule has 0 aliphatic heterocycles. The molecule has 134 valence electrons. The second-order valence-electron chi connectivity index (χ2n) is 6.72. The Morgan fingerprint density at radius 1 is 1.08 bits per heavy atom. The average molecular weight is 339 g/mol. The van der Waals surface area contributed by atoms with Crippen LogP contribution in [-0.4, -0.2) is 18.6 Å². The number of benzene rings is 2. The average Bonchev–Trinajstić information content (AvgIpc) is 2.61. The molecule has 25 heavy (non-hydrogen) atoms. The Labute approximate surface area is 151 Å². The minimum atomic E-state index is -0.454. The highest BCUT2D eigenvalue weighted by Gasteiger charge is 2.18. The Balaban J connectivity index is 1.84. The fourth-order valence-electron chi connectivity index (χ4n) is 2.68. The monoisotopic (exact) mass is 339 g/mol. The number of hydrogen-bond acceptors (Lipinski definition) is 2. The third-order valence-corrected chi connectivity index (χ3v) is 4.39. The Morgan fingerprint density at radius 2 is 1.76 bits per heavy atom. The third kappa shape index (κ3) is 5.63. The molecule has 0 bridgehead atoms. The van der Waals surface area contributed by atoms with E-state index in [9.17, 15) is 4.79 Å². The number of para-hydroxylation sites is 1. The van der Waals surface area contributed by atoms with Crippen LogP contribution in [0.25, 0.3) is 0 Å². The van der Waals surface area contributed by atoms with Crippen LogP contribution in [0, 0.1) is 6.92 Å². The van der Waals surface area contributed by atoms with Crippen molar-refractivity contribution in [2.24, 2.45) is 0 Å². The molecule has 0 radical (unpaired) electrons. The summed E-state index contributed by atoms with van der Waals surface area (Å²) in [5.41, 5.74) is 3.61. The van der Waals surface area contributed by atoms with Crippen LogP contribution in [0.15, 0.2) is 48.5 Å². The number of hydrogen-bond donors (Lipinski definition) is 1. The predicted octanol–water partition coefficient (Wildman–Crippen LogP) is 4.63. The quantitative estimate of drug-likeness (QED) is 0.761. The molecule has 0 aliphatic rings. The highest BCUT2D eigenvalue weighted by atomic mass is 16.5. The van der Waals surface area contributed by atoms with Crippen molar-refractivity contribution >= 4 is 5.91 Å². The van der Waals surface area contributed by atoms with Crippen LogP contribution >= 0.6 is 0 Å². The molecule has 0 heterocycles. The van der Waals surface area contributed by atoms with Crippen molar-refractivity contribution < 1.29 is 9.53 Å². The van der Waals surface area contributed by atoms with E-state index in [0.717, 1.165) is 17.7 Å². The lowest BCUT2D eigenvalue weighted by Crippen LogP contribution is -2.39. The molecule has 3 nitrogen and oxygen atoms in total. The highest BCUT2D eigenvalue weighted by Crippen LogP contribution is 2.19. The summed E-state index contributed by atoms with van der Waals surface area (Å²) in [6, 6.07) is 16.4. The lowest BCUT2D eigenvalue weighted by molar-refractivity contribution is -0.128. The van der Waals surface area contributed by atoms with Crippen molar-refractivity contribution in [3.05, 3.63) is 65.2 Å². The minimum absolute atomic E-state index is 0.0513. The number of ether oxygens (including phenoxy) is 1. The largest absolute Gasteiger partial charge is 0.480 e. The molecule has 0 saturated heterocycles. The smallest absolute Gasteiger partial charge is 0.261 e. The van der Waals surface area contributed by atoms with E-state index in [4.69, 9.17) is 4.74 Å². The van der Waals surface area contributed by atoms with Crippen LogP contribution in [0.3, 0.4) is 0 Å². The van der Waals surface area contributed by atoms with E-state index in [1.54, 1.807) is 0 Å². The van der Waals surface area contributed by atoms with Gasteiger partial charge in [0, 0.05) is 6.54 Å². The van der Waals surface area contributed by atoms with Crippen molar-refractivity contribution in [1.29, 1.82) is 0 Å². The summed E-state index contributed by atoms with van der Waals surface area (Å²) < 4.78 is 5.89. The molecule has 0 aromatic heterocycles. The number of aryl methyl sites for hydroxylation is 1. The van der Waals surface area contributed by atoms with E-state index in [2.05, 4.69) is 43.4 Å². The molecule has 1 unspecified atom stereocenters. The number of rotatable bonds is 8. The first-order valence-electron chi connectivity index (χ1n) is 9.10. The second-order valence-corrected chi connectivity index (χ2v) is 6.72. The highest BCUT2D eigenvalue weighted by molar-refractivity contribution is 5.81. The summed E-state index contributed by atoms with van der Waals surface area (Å²) in [7, 11) is 0. The normalized spacial score (nSPS) is 12.0. The zero-order chi connectivity index (χ0) is 18.2. The van der Waals surface area contributed by atoms with Crippen LogP contribution in [0.5, 0.6) is 5.75 Å². The molecule has 2 aromatic rings. The minimum Gasteiger partial charge on any atom is -0.480 e. The van der Waals surface area contributed by atoms with Crippen LogP contribution < -0.4 is 10.1 Å². The fourth-order valence-corrected chi connectivity index (χ4v) is 2.68. The fraction of sp³-hybridized carbons (Fsp3) is 0.409. The molecule has 0 fully saturated rings. The van der Waals surface area contributed by atoms with Crippen molar-refractivity contribution in [3.8, 4) is 5.75 Å². The van der Waals surface area contributed by atoms with E-state index in [1.165, 1.54) is 11.1 Å². The van der Waals surface area contributed by atoms with Crippen LogP contribution in [0.4, 0.5) is 0 Å². The summed E-state index contributed by atoms with van der Waals surface area (Å²) in [6.45, 7) is 8.95. The van der Waals surface area contributed by atoms with Gasteiger partial charge in [0.1, 0.15) is 5.75 Å².